The molecule has 0 bridgehead atoms. The van der Waals surface area contributed by atoms with Gasteiger partial charge in [-0.3, -0.25) is 14.3 Å². The summed E-state index contributed by atoms with van der Waals surface area (Å²) in [4.78, 5) is 27.3. The molecular formula is C18H28N4O2. The van der Waals surface area contributed by atoms with Crippen LogP contribution in [0.2, 0.25) is 0 Å². The maximum absolute atomic E-state index is 12.3. The summed E-state index contributed by atoms with van der Waals surface area (Å²) in [6.07, 6.45) is 1.69. The minimum atomic E-state index is -0.134. The summed E-state index contributed by atoms with van der Waals surface area (Å²) < 4.78 is 1.68. The quantitative estimate of drug-likeness (QED) is 0.882. The van der Waals surface area contributed by atoms with Crippen molar-refractivity contribution in [2.75, 3.05) is 6.54 Å². The third-order valence-corrected chi connectivity index (χ3v) is 4.36. The van der Waals surface area contributed by atoms with Gasteiger partial charge in [0, 0.05) is 31.0 Å². The van der Waals surface area contributed by atoms with E-state index in [-0.39, 0.29) is 16.9 Å². The Bertz CT molecular complexity index is 809. The van der Waals surface area contributed by atoms with Crippen LogP contribution in [-0.4, -0.2) is 27.2 Å². The van der Waals surface area contributed by atoms with Gasteiger partial charge in [0.05, 0.1) is 5.69 Å². The van der Waals surface area contributed by atoms with Crippen molar-refractivity contribution in [3.8, 4) is 0 Å². The van der Waals surface area contributed by atoms with Gasteiger partial charge in [-0.15, -0.1) is 0 Å². The van der Waals surface area contributed by atoms with Gasteiger partial charge in [0.1, 0.15) is 5.65 Å². The molecule has 0 aliphatic rings. The average Bonchev–Trinajstić information content (AvgIpc) is 2.71. The number of carbonyl (C=O) groups excluding carboxylic acids is 1. The molecule has 132 valence electrons. The van der Waals surface area contributed by atoms with Crippen molar-refractivity contribution in [2.24, 2.45) is 12.5 Å². The van der Waals surface area contributed by atoms with E-state index < -0.39 is 0 Å². The van der Waals surface area contributed by atoms with Crippen molar-refractivity contribution in [1.29, 1.82) is 0 Å². The van der Waals surface area contributed by atoms with Crippen molar-refractivity contribution in [1.82, 2.24) is 20.1 Å². The number of aromatic nitrogens is 3. The van der Waals surface area contributed by atoms with Crippen LogP contribution in [0, 0.1) is 19.3 Å². The first-order chi connectivity index (χ1) is 11.1. The van der Waals surface area contributed by atoms with Gasteiger partial charge in [0.15, 0.2) is 0 Å². The molecule has 0 aliphatic carbocycles. The average molecular weight is 332 g/mol. The Morgan fingerprint density at radius 3 is 2.58 bits per heavy atom. The molecule has 0 aliphatic heterocycles. The van der Waals surface area contributed by atoms with E-state index in [1.807, 2.05) is 20.9 Å². The summed E-state index contributed by atoms with van der Waals surface area (Å²) in [5, 5.41) is 8.27. The summed E-state index contributed by atoms with van der Waals surface area (Å²) in [6.45, 7) is 11.0. The molecular weight excluding hydrogens is 304 g/mol. The minimum absolute atomic E-state index is 0.0129. The van der Waals surface area contributed by atoms with Crippen molar-refractivity contribution in [3.05, 3.63) is 27.2 Å². The molecule has 2 aromatic rings. The normalized spacial score (nSPS) is 11.9. The summed E-state index contributed by atoms with van der Waals surface area (Å²) in [5.41, 5.74) is 3.27. The highest BCUT2D eigenvalue weighted by Gasteiger charge is 2.16. The van der Waals surface area contributed by atoms with Gasteiger partial charge in [-0.25, -0.2) is 0 Å². The standard InChI is InChI=1S/C18H28N4O2/c1-11-13(7-8-14(23)19-10-9-18(3,4)5)17(24)20-16-15(11)12(2)21-22(16)6/h7-10H2,1-6H3,(H,19,23)(H,20,24). The molecule has 0 saturated heterocycles. The number of H-pyrrole nitrogens is 1. The van der Waals surface area contributed by atoms with Gasteiger partial charge in [0.2, 0.25) is 5.91 Å². The topological polar surface area (TPSA) is 79.8 Å². The third-order valence-electron chi connectivity index (χ3n) is 4.36. The molecule has 24 heavy (non-hydrogen) atoms. The van der Waals surface area contributed by atoms with Crippen molar-refractivity contribution in [3.63, 3.8) is 0 Å². The van der Waals surface area contributed by atoms with Crippen molar-refractivity contribution < 1.29 is 4.79 Å². The van der Waals surface area contributed by atoms with Crippen LogP contribution in [0.3, 0.4) is 0 Å². The molecule has 0 saturated carbocycles. The van der Waals surface area contributed by atoms with Crippen LogP contribution >= 0.6 is 0 Å². The van der Waals surface area contributed by atoms with Crippen LogP contribution in [0.25, 0.3) is 11.0 Å². The number of rotatable bonds is 5. The number of carbonyl (C=O) groups is 1. The second-order valence-electron chi connectivity index (χ2n) is 7.65. The maximum Gasteiger partial charge on any atom is 0.253 e. The summed E-state index contributed by atoms with van der Waals surface area (Å²) >= 11 is 0. The Kier molecular flexibility index (Phi) is 5.16. The molecule has 2 aromatic heterocycles. The zero-order valence-corrected chi connectivity index (χ0v) is 15.5. The van der Waals surface area contributed by atoms with E-state index in [0.717, 1.165) is 28.7 Å². The molecule has 2 rings (SSSR count). The SMILES string of the molecule is Cc1nn(C)c2[nH]c(=O)c(CCC(=O)NCCC(C)(C)C)c(C)c12. The van der Waals surface area contributed by atoms with Crippen LogP contribution in [0.5, 0.6) is 0 Å². The lowest BCUT2D eigenvalue weighted by molar-refractivity contribution is -0.121. The molecule has 2 heterocycles. The Balaban J connectivity index is 2.09. The third kappa shape index (κ3) is 4.04. The second-order valence-corrected chi connectivity index (χ2v) is 7.65. The predicted molar refractivity (Wildman–Crippen MR) is 96.2 cm³/mol. The molecule has 0 unspecified atom stereocenters. The summed E-state index contributed by atoms with van der Waals surface area (Å²) in [5.74, 6) is -0.0129. The zero-order valence-electron chi connectivity index (χ0n) is 15.5. The number of aryl methyl sites for hydroxylation is 3. The molecule has 6 heteroatoms. The summed E-state index contributed by atoms with van der Waals surface area (Å²) in [6, 6.07) is 0. The molecule has 6 nitrogen and oxygen atoms in total. The lowest BCUT2D eigenvalue weighted by Gasteiger charge is -2.18. The van der Waals surface area contributed by atoms with Gasteiger partial charge in [-0.05, 0) is 37.7 Å². The summed E-state index contributed by atoms with van der Waals surface area (Å²) in [7, 11) is 1.81. The fraction of sp³-hybridized carbons (Fsp3) is 0.611. The number of fused-ring (bicyclic) bond motifs is 1. The monoisotopic (exact) mass is 332 g/mol. The van der Waals surface area contributed by atoms with Gasteiger partial charge < -0.3 is 10.3 Å². The van der Waals surface area contributed by atoms with Crippen molar-refractivity contribution >= 4 is 16.9 Å². The van der Waals surface area contributed by atoms with E-state index in [1.54, 1.807) is 4.68 Å². The van der Waals surface area contributed by atoms with E-state index in [2.05, 4.69) is 36.2 Å². The minimum Gasteiger partial charge on any atom is -0.356 e. The number of hydrogen-bond acceptors (Lipinski definition) is 3. The number of amides is 1. The molecule has 0 fully saturated rings. The highest BCUT2D eigenvalue weighted by molar-refractivity contribution is 5.83. The molecule has 0 aromatic carbocycles. The van der Waals surface area contributed by atoms with Gasteiger partial charge in [0.25, 0.3) is 5.56 Å². The van der Waals surface area contributed by atoms with Crippen LogP contribution < -0.4 is 10.9 Å². The highest BCUT2D eigenvalue weighted by atomic mass is 16.1. The first-order valence-corrected chi connectivity index (χ1v) is 8.42. The lowest BCUT2D eigenvalue weighted by Crippen LogP contribution is -2.28. The Labute approximate surface area is 142 Å². The van der Waals surface area contributed by atoms with E-state index in [9.17, 15) is 9.59 Å². The molecule has 0 spiro atoms. The molecule has 0 radical (unpaired) electrons. The molecule has 0 atom stereocenters. The number of aromatic amines is 1. The fourth-order valence-corrected chi connectivity index (χ4v) is 2.96. The molecule has 1 amide bonds. The first-order valence-electron chi connectivity index (χ1n) is 8.42. The van der Waals surface area contributed by atoms with Crippen molar-refractivity contribution in [2.45, 2.75) is 53.9 Å². The molecule has 2 N–H and O–H groups in total. The highest BCUT2D eigenvalue weighted by Crippen LogP contribution is 2.21. The van der Waals surface area contributed by atoms with Gasteiger partial charge in [-0.2, -0.15) is 5.10 Å². The van der Waals surface area contributed by atoms with Gasteiger partial charge >= 0.3 is 0 Å². The smallest absolute Gasteiger partial charge is 0.253 e. The maximum atomic E-state index is 12.3. The van der Waals surface area contributed by atoms with Crippen LogP contribution in [-0.2, 0) is 18.3 Å². The van der Waals surface area contributed by atoms with E-state index >= 15 is 0 Å². The Hall–Kier alpha value is -2.11. The van der Waals surface area contributed by atoms with E-state index in [1.165, 1.54) is 0 Å². The zero-order chi connectivity index (χ0) is 18.1. The van der Waals surface area contributed by atoms with E-state index in [0.29, 0.717) is 24.9 Å². The van der Waals surface area contributed by atoms with Gasteiger partial charge in [-0.1, -0.05) is 20.8 Å². The van der Waals surface area contributed by atoms with Crippen LogP contribution in [0.15, 0.2) is 4.79 Å². The number of nitrogens with zero attached hydrogens (tertiary/aromatic N) is 2. The second kappa shape index (κ2) is 6.79. The Morgan fingerprint density at radius 1 is 1.29 bits per heavy atom. The fourth-order valence-electron chi connectivity index (χ4n) is 2.96. The van der Waals surface area contributed by atoms with Crippen LogP contribution in [0.4, 0.5) is 0 Å². The number of nitrogens with one attached hydrogen (secondary N) is 2. The first kappa shape index (κ1) is 18.2. The largest absolute Gasteiger partial charge is 0.356 e. The number of pyridine rings is 1. The lowest BCUT2D eigenvalue weighted by atomic mass is 9.92. The Morgan fingerprint density at radius 2 is 1.96 bits per heavy atom. The number of hydrogen-bond donors (Lipinski definition) is 2. The predicted octanol–water partition coefficient (Wildman–Crippen LogP) is 2.36. The van der Waals surface area contributed by atoms with E-state index in [4.69, 9.17) is 0 Å². The van der Waals surface area contributed by atoms with Crippen LogP contribution in [0.1, 0.15) is 50.4 Å².